The second-order valence-electron chi connectivity index (χ2n) is 7.99. The number of hydrogen-bond acceptors (Lipinski definition) is 5. The number of anilines is 1. The quantitative estimate of drug-likeness (QED) is 0.339. The average molecular weight is 440 g/mol. The van der Waals surface area contributed by atoms with Crippen LogP contribution in [0, 0.1) is 24.0 Å². The Morgan fingerprint density at radius 1 is 1.16 bits per heavy atom. The Morgan fingerprint density at radius 3 is 2.48 bits per heavy atom. The third-order valence-corrected chi connectivity index (χ3v) is 6.34. The summed E-state index contributed by atoms with van der Waals surface area (Å²) in [6.07, 6.45) is 5.05. The molecule has 0 atom stereocenters. The lowest BCUT2D eigenvalue weighted by atomic mass is 10.1. The molecule has 162 valence electrons. The molecule has 0 radical (unpaired) electrons. The maximum atomic E-state index is 12.3. The number of aryl methyl sites for hydroxylation is 1. The molecule has 2 fully saturated rings. The van der Waals surface area contributed by atoms with E-state index in [2.05, 4.69) is 10.2 Å². The van der Waals surface area contributed by atoms with E-state index < -0.39 is 0 Å². The van der Waals surface area contributed by atoms with E-state index in [0.717, 1.165) is 48.6 Å². The van der Waals surface area contributed by atoms with Gasteiger partial charge in [0.05, 0.1) is 10.6 Å². The summed E-state index contributed by atoms with van der Waals surface area (Å²) >= 11 is 5.14. The third-order valence-electron chi connectivity index (χ3n) is 5.96. The lowest BCUT2D eigenvalue weighted by Crippen LogP contribution is -2.30. The van der Waals surface area contributed by atoms with E-state index in [0.29, 0.717) is 16.5 Å². The minimum absolute atomic E-state index is 0.117. The first kappa shape index (κ1) is 21.0. The van der Waals surface area contributed by atoms with Crippen LogP contribution in [0.1, 0.15) is 36.2 Å². The van der Waals surface area contributed by atoms with Crippen molar-refractivity contribution in [2.24, 2.45) is 0 Å². The molecule has 2 saturated heterocycles. The number of benzene rings is 1. The Balaban J connectivity index is 1.73. The molecule has 1 aromatic heterocycles. The monoisotopic (exact) mass is 439 g/mol. The Hall–Kier alpha value is -3.20. The van der Waals surface area contributed by atoms with Gasteiger partial charge in [0.25, 0.3) is 11.6 Å². The van der Waals surface area contributed by atoms with E-state index in [-0.39, 0.29) is 16.5 Å². The molecule has 0 spiro atoms. The van der Waals surface area contributed by atoms with Crippen LogP contribution < -0.4 is 10.2 Å². The highest BCUT2D eigenvalue weighted by atomic mass is 32.1. The van der Waals surface area contributed by atoms with E-state index in [1.54, 1.807) is 19.2 Å². The number of carbonyl (C=O) groups excluding carboxylic acids is 1. The van der Waals surface area contributed by atoms with Crippen molar-refractivity contribution in [3.05, 3.63) is 57.0 Å². The summed E-state index contributed by atoms with van der Waals surface area (Å²) in [6.45, 7) is 5.57. The second kappa shape index (κ2) is 8.14. The Kier molecular flexibility index (Phi) is 5.53. The van der Waals surface area contributed by atoms with Crippen LogP contribution in [-0.2, 0) is 4.79 Å². The van der Waals surface area contributed by atoms with Gasteiger partial charge in [-0.15, -0.1) is 0 Å². The first-order chi connectivity index (χ1) is 14.8. The van der Waals surface area contributed by atoms with Gasteiger partial charge in [-0.2, -0.15) is 0 Å². The number of rotatable bonds is 4. The van der Waals surface area contributed by atoms with Crippen molar-refractivity contribution in [2.45, 2.75) is 33.1 Å². The molecule has 2 aliphatic rings. The normalized spacial score (nSPS) is 18.1. The molecule has 1 N–H and O–H groups in total. The molecule has 8 nitrogen and oxygen atoms in total. The van der Waals surface area contributed by atoms with Crippen molar-refractivity contribution in [3.8, 4) is 5.69 Å². The molecule has 3 heterocycles. The summed E-state index contributed by atoms with van der Waals surface area (Å²) in [5.41, 5.74) is 4.60. The lowest BCUT2D eigenvalue weighted by Gasteiger charge is -2.28. The number of piperidine rings is 1. The summed E-state index contributed by atoms with van der Waals surface area (Å²) in [5.74, 6) is -0.184. The summed E-state index contributed by atoms with van der Waals surface area (Å²) in [5, 5.41) is 15.1. The number of nitrogens with zero attached hydrogens (tertiary/aromatic N) is 4. The maximum Gasteiger partial charge on any atom is 0.294 e. The van der Waals surface area contributed by atoms with E-state index in [9.17, 15) is 14.9 Å². The van der Waals surface area contributed by atoms with Gasteiger partial charge in [0.1, 0.15) is 11.4 Å². The number of carbonyl (C=O) groups is 1. The highest BCUT2D eigenvalue weighted by Crippen LogP contribution is 2.34. The number of nitrogens with one attached hydrogen (secondary N) is 1. The van der Waals surface area contributed by atoms with E-state index >= 15 is 0 Å². The minimum Gasteiger partial charge on any atom is -0.366 e. The highest BCUT2D eigenvalue weighted by Gasteiger charge is 2.28. The molecule has 0 saturated carbocycles. The van der Waals surface area contributed by atoms with Crippen LogP contribution >= 0.6 is 12.2 Å². The van der Waals surface area contributed by atoms with Gasteiger partial charge < -0.3 is 14.8 Å². The van der Waals surface area contributed by atoms with Crippen LogP contribution in [-0.4, -0.2) is 45.5 Å². The highest BCUT2D eigenvalue weighted by molar-refractivity contribution is 7.80. The van der Waals surface area contributed by atoms with Crippen molar-refractivity contribution in [2.75, 3.05) is 25.0 Å². The van der Waals surface area contributed by atoms with E-state index in [1.165, 1.54) is 11.3 Å². The smallest absolute Gasteiger partial charge is 0.294 e. The van der Waals surface area contributed by atoms with Gasteiger partial charge in [-0.25, -0.2) is 0 Å². The second-order valence-corrected chi connectivity index (χ2v) is 8.38. The molecule has 0 aliphatic carbocycles. The molecule has 1 amide bonds. The SMILES string of the molecule is Cc1cc(/C=C2\NC(=S)N(C)C2=O)c(C)n1-c1ccc(N2CCCCC2)c([N+](=O)[O-])c1. The van der Waals surface area contributed by atoms with Crippen LogP contribution in [0.25, 0.3) is 11.8 Å². The van der Waals surface area contributed by atoms with Gasteiger partial charge in [-0.3, -0.25) is 19.8 Å². The average Bonchev–Trinajstić information content (AvgIpc) is 3.17. The predicted molar refractivity (Wildman–Crippen MR) is 124 cm³/mol. The fourth-order valence-corrected chi connectivity index (χ4v) is 4.50. The number of nitro groups is 1. The lowest BCUT2D eigenvalue weighted by molar-refractivity contribution is -0.384. The molecule has 2 aromatic rings. The number of nitro benzene ring substituents is 1. The van der Waals surface area contributed by atoms with Crippen LogP contribution in [0.3, 0.4) is 0 Å². The van der Waals surface area contributed by atoms with Gasteiger partial charge in [0, 0.05) is 37.6 Å². The molecule has 2 aliphatic heterocycles. The molecular weight excluding hydrogens is 414 g/mol. The fraction of sp³-hybridized carbons (Fsp3) is 0.364. The first-order valence-corrected chi connectivity index (χ1v) is 10.7. The van der Waals surface area contributed by atoms with Crippen LogP contribution in [0.4, 0.5) is 11.4 Å². The van der Waals surface area contributed by atoms with Gasteiger partial charge in [0.15, 0.2) is 5.11 Å². The summed E-state index contributed by atoms with van der Waals surface area (Å²) in [7, 11) is 1.63. The largest absolute Gasteiger partial charge is 0.366 e. The Bertz CT molecular complexity index is 1110. The minimum atomic E-state index is -0.303. The number of thiocarbonyl (C=S) groups is 1. The molecule has 4 rings (SSSR count). The molecule has 9 heteroatoms. The number of aromatic nitrogens is 1. The molecular formula is C22H25N5O3S. The van der Waals surface area contributed by atoms with E-state index in [4.69, 9.17) is 12.2 Å². The third kappa shape index (κ3) is 3.81. The zero-order valence-electron chi connectivity index (χ0n) is 17.8. The van der Waals surface area contributed by atoms with Gasteiger partial charge in [-0.05, 0) is 75.2 Å². The van der Waals surface area contributed by atoms with Gasteiger partial charge in [-0.1, -0.05) is 0 Å². The molecule has 31 heavy (non-hydrogen) atoms. The van der Waals surface area contributed by atoms with Gasteiger partial charge in [0.2, 0.25) is 0 Å². The zero-order chi connectivity index (χ0) is 22.3. The van der Waals surface area contributed by atoms with Crippen molar-refractivity contribution < 1.29 is 9.72 Å². The van der Waals surface area contributed by atoms with Crippen molar-refractivity contribution in [1.82, 2.24) is 14.8 Å². The maximum absolute atomic E-state index is 12.3. The van der Waals surface area contributed by atoms with Crippen molar-refractivity contribution in [3.63, 3.8) is 0 Å². The number of hydrogen-bond donors (Lipinski definition) is 1. The fourth-order valence-electron chi connectivity index (χ4n) is 4.31. The first-order valence-electron chi connectivity index (χ1n) is 10.3. The Labute approximate surface area is 186 Å². The topological polar surface area (TPSA) is 83.7 Å². The van der Waals surface area contributed by atoms with E-state index in [1.807, 2.05) is 36.6 Å². The summed E-state index contributed by atoms with van der Waals surface area (Å²) in [6, 6.07) is 7.38. The molecule has 0 bridgehead atoms. The number of amides is 1. The standard InChI is InChI=1S/C22H25N5O3S/c1-14-11-16(12-18-21(28)24(3)22(31)23-18)15(2)26(14)17-7-8-19(20(13-17)27(29)30)25-9-5-4-6-10-25/h7-8,11-13H,4-6,9-10H2,1-3H3,(H,23,31)/b18-12-. The van der Waals surface area contributed by atoms with Gasteiger partial charge >= 0.3 is 0 Å². The molecule has 0 unspecified atom stereocenters. The van der Waals surface area contributed by atoms with Crippen molar-refractivity contribution >= 4 is 40.7 Å². The Morgan fingerprint density at radius 2 is 1.87 bits per heavy atom. The van der Waals surface area contributed by atoms with Crippen LogP contribution in [0.15, 0.2) is 30.0 Å². The molecule has 1 aromatic carbocycles. The summed E-state index contributed by atoms with van der Waals surface area (Å²) in [4.78, 5) is 27.4. The number of likely N-dealkylation sites (N-methyl/N-ethyl adjacent to an activating group) is 1. The zero-order valence-corrected chi connectivity index (χ0v) is 18.7. The van der Waals surface area contributed by atoms with Crippen LogP contribution in [0.5, 0.6) is 0 Å². The van der Waals surface area contributed by atoms with Crippen LogP contribution in [0.2, 0.25) is 0 Å². The predicted octanol–water partition coefficient (Wildman–Crippen LogP) is 3.68. The van der Waals surface area contributed by atoms with Crippen molar-refractivity contribution in [1.29, 1.82) is 0 Å². The summed E-state index contributed by atoms with van der Waals surface area (Å²) < 4.78 is 1.97.